The first-order valence-electron chi connectivity index (χ1n) is 26.7. The maximum atomic E-state index is 12.5. The highest BCUT2D eigenvalue weighted by Gasteiger charge is 2.20. The molecule has 4 nitrogen and oxygen atoms in total. The van der Waals surface area contributed by atoms with Gasteiger partial charge in [0.25, 0.3) is 0 Å². The van der Waals surface area contributed by atoms with Gasteiger partial charge in [0.2, 0.25) is 5.91 Å². The van der Waals surface area contributed by atoms with Crippen LogP contribution in [0.5, 0.6) is 0 Å². The van der Waals surface area contributed by atoms with Gasteiger partial charge in [-0.15, -0.1) is 0 Å². The number of aliphatic hydroxyl groups is 2. The number of aliphatic hydroxyl groups excluding tert-OH is 2. The van der Waals surface area contributed by atoms with Crippen molar-refractivity contribution in [1.29, 1.82) is 0 Å². The van der Waals surface area contributed by atoms with E-state index in [2.05, 4.69) is 55.6 Å². The van der Waals surface area contributed by atoms with E-state index in [0.29, 0.717) is 12.8 Å². The standard InChI is InChI=1S/C55H105NO3/c1-3-5-7-9-11-13-15-17-19-21-23-24-25-26-27-28-29-30-31-33-34-36-38-40-42-44-46-48-50-54(58)53(52-57)56-55(59)51-49-47-45-43-41-39-37-35-32-22-20-18-16-14-12-10-8-6-4-2/h12,14,18,20,32,35,53-54,57-58H,3-11,13,15-17,19,21-31,33-34,36-52H2,1-2H3,(H,56,59)/b14-12-,20-18-,35-32-. The molecule has 0 heterocycles. The van der Waals surface area contributed by atoms with Crippen LogP contribution in [-0.4, -0.2) is 34.9 Å². The lowest BCUT2D eigenvalue weighted by Gasteiger charge is -2.22. The van der Waals surface area contributed by atoms with Gasteiger partial charge in [-0.3, -0.25) is 4.79 Å². The van der Waals surface area contributed by atoms with Crippen LogP contribution in [0.4, 0.5) is 0 Å². The van der Waals surface area contributed by atoms with E-state index in [1.54, 1.807) is 0 Å². The van der Waals surface area contributed by atoms with Crippen molar-refractivity contribution < 1.29 is 15.0 Å². The molecule has 0 aliphatic rings. The molecule has 0 rings (SSSR count). The number of carbonyl (C=O) groups excluding carboxylic acids is 1. The number of hydrogen-bond donors (Lipinski definition) is 3. The summed E-state index contributed by atoms with van der Waals surface area (Å²) in [5.41, 5.74) is 0. The van der Waals surface area contributed by atoms with Crippen molar-refractivity contribution in [2.75, 3.05) is 6.61 Å². The number of hydrogen-bond acceptors (Lipinski definition) is 3. The molecule has 4 heteroatoms. The Morgan fingerprint density at radius 1 is 0.407 bits per heavy atom. The number of unbranched alkanes of at least 4 members (excludes halogenated alkanes) is 36. The summed E-state index contributed by atoms with van der Waals surface area (Å²) in [4.78, 5) is 12.5. The summed E-state index contributed by atoms with van der Waals surface area (Å²) < 4.78 is 0. The highest BCUT2D eigenvalue weighted by atomic mass is 16.3. The minimum absolute atomic E-state index is 0.0410. The fraction of sp³-hybridized carbons (Fsp3) is 0.873. The number of allylic oxidation sites excluding steroid dienone is 6. The minimum Gasteiger partial charge on any atom is -0.394 e. The normalized spacial score (nSPS) is 13.1. The molecule has 0 aliphatic carbocycles. The summed E-state index contributed by atoms with van der Waals surface area (Å²) in [6.45, 7) is 4.35. The smallest absolute Gasteiger partial charge is 0.220 e. The molecular weight excluding hydrogens is 723 g/mol. The van der Waals surface area contributed by atoms with Crippen LogP contribution in [0.15, 0.2) is 36.5 Å². The van der Waals surface area contributed by atoms with E-state index >= 15 is 0 Å². The summed E-state index contributed by atoms with van der Waals surface area (Å²) in [5.74, 6) is -0.0410. The molecular formula is C55H105NO3. The summed E-state index contributed by atoms with van der Waals surface area (Å²) in [6, 6.07) is -0.544. The topological polar surface area (TPSA) is 69.6 Å². The van der Waals surface area contributed by atoms with Crippen molar-refractivity contribution in [3.8, 4) is 0 Å². The largest absolute Gasteiger partial charge is 0.394 e. The molecule has 0 saturated carbocycles. The first-order chi connectivity index (χ1) is 29.2. The van der Waals surface area contributed by atoms with Gasteiger partial charge >= 0.3 is 0 Å². The fourth-order valence-corrected chi connectivity index (χ4v) is 8.31. The van der Waals surface area contributed by atoms with Gasteiger partial charge in [-0.25, -0.2) is 0 Å². The van der Waals surface area contributed by atoms with Crippen LogP contribution in [0.3, 0.4) is 0 Å². The molecule has 348 valence electrons. The second-order valence-corrected chi connectivity index (χ2v) is 18.3. The third-order valence-electron chi connectivity index (χ3n) is 12.4. The molecule has 0 aromatic carbocycles. The van der Waals surface area contributed by atoms with Crippen molar-refractivity contribution in [2.24, 2.45) is 0 Å². The zero-order chi connectivity index (χ0) is 42.8. The molecule has 0 saturated heterocycles. The summed E-state index contributed by atoms with van der Waals surface area (Å²) in [5, 5.41) is 23.3. The number of amides is 1. The second kappa shape index (κ2) is 51.0. The molecule has 0 aromatic rings. The van der Waals surface area contributed by atoms with Gasteiger partial charge in [-0.1, -0.05) is 269 Å². The van der Waals surface area contributed by atoms with E-state index in [1.807, 2.05) is 0 Å². The lowest BCUT2D eigenvalue weighted by atomic mass is 10.0. The Morgan fingerprint density at radius 2 is 0.695 bits per heavy atom. The molecule has 1 amide bonds. The maximum Gasteiger partial charge on any atom is 0.220 e. The molecule has 0 fully saturated rings. The predicted octanol–water partition coefficient (Wildman–Crippen LogP) is 17.3. The number of carbonyl (C=O) groups is 1. The summed E-state index contributed by atoms with van der Waals surface area (Å²) in [6.07, 6.45) is 68.3. The second-order valence-electron chi connectivity index (χ2n) is 18.3. The van der Waals surface area contributed by atoms with Gasteiger partial charge in [-0.05, 0) is 51.4 Å². The van der Waals surface area contributed by atoms with Gasteiger partial charge in [0.1, 0.15) is 0 Å². The number of rotatable bonds is 49. The van der Waals surface area contributed by atoms with E-state index in [9.17, 15) is 15.0 Å². The van der Waals surface area contributed by atoms with E-state index < -0.39 is 12.1 Å². The monoisotopic (exact) mass is 828 g/mol. The maximum absolute atomic E-state index is 12.5. The van der Waals surface area contributed by atoms with Crippen molar-refractivity contribution in [1.82, 2.24) is 5.32 Å². The van der Waals surface area contributed by atoms with Crippen LogP contribution in [0.25, 0.3) is 0 Å². The third kappa shape index (κ3) is 47.5. The van der Waals surface area contributed by atoms with Gasteiger partial charge in [0.05, 0.1) is 18.8 Å². The average molecular weight is 828 g/mol. The Hall–Kier alpha value is -1.39. The van der Waals surface area contributed by atoms with Gasteiger partial charge in [0, 0.05) is 6.42 Å². The Balaban J connectivity index is 3.46. The van der Waals surface area contributed by atoms with Gasteiger partial charge < -0.3 is 15.5 Å². The zero-order valence-corrected chi connectivity index (χ0v) is 40.0. The summed E-state index contributed by atoms with van der Waals surface area (Å²) >= 11 is 0. The highest BCUT2D eigenvalue weighted by molar-refractivity contribution is 5.76. The van der Waals surface area contributed by atoms with Crippen LogP contribution in [0.1, 0.15) is 290 Å². The van der Waals surface area contributed by atoms with Crippen LogP contribution in [-0.2, 0) is 4.79 Å². The van der Waals surface area contributed by atoms with Crippen LogP contribution in [0.2, 0.25) is 0 Å². The Bertz CT molecular complexity index is 897. The van der Waals surface area contributed by atoms with E-state index in [-0.39, 0.29) is 12.5 Å². The first-order valence-corrected chi connectivity index (χ1v) is 26.7. The van der Waals surface area contributed by atoms with E-state index in [0.717, 1.165) is 51.4 Å². The SMILES string of the molecule is CCCCC/C=C\C/C=C\C/C=C\CCCCCCCCC(=O)NC(CO)C(O)CCCCCCCCCCCCCCCCCCCCCCCCCCCCCC. The Kier molecular flexibility index (Phi) is 49.8. The Morgan fingerprint density at radius 3 is 1.07 bits per heavy atom. The molecule has 0 aromatic heterocycles. The van der Waals surface area contributed by atoms with Crippen molar-refractivity contribution >= 4 is 5.91 Å². The lowest BCUT2D eigenvalue weighted by Crippen LogP contribution is -2.45. The van der Waals surface area contributed by atoms with E-state index in [1.165, 1.54) is 212 Å². The third-order valence-corrected chi connectivity index (χ3v) is 12.4. The lowest BCUT2D eigenvalue weighted by molar-refractivity contribution is -0.123. The first kappa shape index (κ1) is 57.6. The molecule has 59 heavy (non-hydrogen) atoms. The van der Waals surface area contributed by atoms with Crippen LogP contribution < -0.4 is 5.32 Å². The van der Waals surface area contributed by atoms with Gasteiger partial charge in [-0.2, -0.15) is 0 Å². The molecule has 3 N–H and O–H groups in total. The molecule has 0 spiro atoms. The zero-order valence-electron chi connectivity index (χ0n) is 40.0. The molecule has 2 atom stereocenters. The molecule has 0 bridgehead atoms. The van der Waals surface area contributed by atoms with Crippen molar-refractivity contribution in [3.63, 3.8) is 0 Å². The van der Waals surface area contributed by atoms with Crippen molar-refractivity contribution in [2.45, 2.75) is 302 Å². The van der Waals surface area contributed by atoms with Gasteiger partial charge in [0.15, 0.2) is 0 Å². The van der Waals surface area contributed by atoms with E-state index in [4.69, 9.17) is 0 Å². The quantitative estimate of drug-likeness (QED) is 0.0423. The minimum atomic E-state index is -0.666. The predicted molar refractivity (Wildman–Crippen MR) is 262 cm³/mol. The van der Waals surface area contributed by atoms with Crippen LogP contribution >= 0.6 is 0 Å². The average Bonchev–Trinajstić information content (AvgIpc) is 3.24. The Labute approximate surface area is 370 Å². The molecule has 0 radical (unpaired) electrons. The molecule has 2 unspecified atom stereocenters. The highest BCUT2D eigenvalue weighted by Crippen LogP contribution is 2.17. The fourth-order valence-electron chi connectivity index (χ4n) is 8.31. The summed E-state index contributed by atoms with van der Waals surface area (Å²) in [7, 11) is 0. The van der Waals surface area contributed by atoms with Crippen LogP contribution in [0, 0.1) is 0 Å². The molecule has 0 aliphatic heterocycles. The number of nitrogens with one attached hydrogen (secondary N) is 1. The van der Waals surface area contributed by atoms with Crippen molar-refractivity contribution in [3.05, 3.63) is 36.5 Å².